The number of rotatable bonds is 0. The second-order valence-electron chi connectivity index (χ2n) is 3.38. The highest BCUT2D eigenvalue weighted by atomic mass is 79.9. The van der Waals surface area contributed by atoms with Crippen molar-refractivity contribution in [3.63, 3.8) is 0 Å². The fraction of sp³-hybridized carbons (Fsp3) is 0.300. The Bertz CT molecular complexity index is 401. The molecule has 1 aliphatic heterocycles. The maximum absolute atomic E-state index is 11.6. The van der Waals surface area contributed by atoms with Crippen LogP contribution in [-0.2, 0) is 11.2 Å². The van der Waals surface area contributed by atoms with Crippen LogP contribution in [0.5, 0.6) is 0 Å². The highest BCUT2D eigenvalue weighted by molar-refractivity contribution is 9.26. The molecule has 14 heavy (non-hydrogen) atoms. The van der Waals surface area contributed by atoms with Crippen LogP contribution < -0.4 is 0 Å². The van der Waals surface area contributed by atoms with E-state index in [1.807, 2.05) is 12.1 Å². The second-order valence-corrected chi connectivity index (χ2v) is 8.17. The number of aryl methyl sites for hydroxylation is 1. The van der Waals surface area contributed by atoms with Crippen LogP contribution >= 0.6 is 43.6 Å². The van der Waals surface area contributed by atoms with Gasteiger partial charge in [-0.1, -0.05) is 49.6 Å². The standard InChI is InChI=1S/C10H8Br2OS/c1-6-2-3-8-7(4-6)5-10(11,12)9(13)14-8/h2-4H,5H2,1H3. The molecule has 0 unspecified atom stereocenters. The van der Waals surface area contributed by atoms with Crippen LogP contribution in [-0.4, -0.2) is 8.35 Å². The molecule has 1 aliphatic rings. The van der Waals surface area contributed by atoms with E-state index in [0.29, 0.717) is 6.42 Å². The smallest absolute Gasteiger partial charge is 0.221 e. The maximum Gasteiger partial charge on any atom is 0.221 e. The molecule has 0 N–H and O–H groups in total. The molecule has 0 atom stereocenters. The first-order chi connectivity index (χ1) is 6.49. The molecule has 0 aromatic heterocycles. The molecule has 1 aromatic carbocycles. The Morgan fingerprint density at radius 3 is 2.86 bits per heavy atom. The molecular formula is C10H8Br2OS. The van der Waals surface area contributed by atoms with Gasteiger partial charge in [0.1, 0.15) is 0 Å². The first kappa shape index (κ1) is 10.7. The van der Waals surface area contributed by atoms with Crippen molar-refractivity contribution >= 4 is 48.7 Å². The summed E-state index contributed by atoms with van der Waals surface area (Å²) in [6.45, 7) is 2.06. The Labute approximate surface area is 104 Å². The Hall–Kier alpha value is 0.200. The summed E-state index contributed by atoms with van der Waals surface area (Å²) in [5.41, 5.74) is 2.46. The van der Waals surface area contributed by atoms with Gasteiger partial charge in [-0.05, 0) is 30.3 Å². The minimum absolute atomic E-state index is 0.119. The summed E-state index contributed by atoms with van der Waals surface area (Å²) in [5, 5.41) is 0.119. The van der Waals surface area contributed by atoms with Crippen LogP contribution in [0.15, 0.2) is 23.1 Å². The highest BCUT2D eigenvalue weighted by Crippen LogP contribution is 2.44. The molecule has 0 spiro atoms. The van der Waals surface area contributed by atoms with Gasteiger partial charge in [-0.2, -0.15) is 0 Å². The number of fused-ring (bicyclic) bond motifs is 1. The Kier molecular flexibility index (Phi) is 2.79. The van der Waals surface area contributed by atoms with Gasteiger partial charge in [0.25, 0.3) is 0 Å². The lowest BCUT2D eigenvalue weighted by molar-refractivity contribution is -0.111. The second kappa shape index (κ2) is 3.65. The number of alkyl halides is 2. The summed E-state index contributed by atoms with van der Waals surface area (Å²) in [6, 6.07) is 6.18. The van der Waals surface area contributed by atoms with E-state index < -0.39 is 3.23 Å². The molecule has 0 fully saturated rings. The van der Waals surface area contributed by atoms with Gasteiger partial charge >= 0.3 is 0 Å². The first-order valence-corrected chi connectivity index (χ1v) is 6.59. The van der Waals surface area contributed by atoms with Gasteiger partial charge in [-0.15, -0.1) is 0 Å². The SMILES string of the molecule is Cc1ccc2c(c1)CC(Br)(Br)C(=O)S2. The van der Waals surface area contributed by atoms with E-state index >= 15 is 0 Å². The zero-order chi connectivity index (χ0) is 10.3. The summed E-state index contributed by atoms with van der Waals surface area (Å²) >= 11 is 8.09. The third-order valence-corrected chi connectivity index (χ3v) is 5.09. The largest absolute Gasteiger partial charge is 0.284 e. The Morgan fingerprint density at radius 2 is 2.14 bits per heavy atom. The molecule has 0 aliphatic carbocycles. The van der Waals surface area contributed by atoms with E-state index in [9.17, 15) is 4.79 Å². The lowest BCUT2D eigenvalue weighted by Gasteiger charge is -2.25. The van der Waals surface area contributed by atoms with Crippen molar-refractivity contribution in [2.24, 2.45) is 0 Å². The number of halogens is 2. The fourth-order valence-corrected chi connectivity index (χ4v) is 3.34. The number of hydrogen-bond donors (Lipinski definition) is 0. The van der Waals surface area contributed by atoms with Crippen molar-refractivity contribution in [1.82, 2.24) is 0 Å². The van der Waals surface area contributed by atoms with Crippen molar-refractivity contribution in [2.45, 2.75) is 21.5 Å². The van der Waals surface area contributed by atoms with Crippen LogP contribution in [0.1, 0.15) is 11.1 Å². The van der Waals surface area contributed by atoms with Gasteiger partial charge in [0.15, 0.2) is 3.23 Å². The molecule has 0 saturated heterocycles. The van der Waals surface area contributed by atoms with E-state index in [-0.39, 0.29) is 5.12 Å². The number of benzene rings is 1. The predicted octanol–water partition coefficient (Wildman–Crippen LogP) is 3.66. The number of hydrogen-bond acceptors (Lipinski definition) is 2. The molecule has 0 radical (unpaired) electrons. The molecule has 1 heterocycles. The maximum atomic E-state index is 11.6. The van der Waals surface area contributed by atoms with Crippen molar-refractivity contribution in [2.75, 3.05) is 0 Å². The van der Waals surface area contributed by atoms with Gasteiger partial charge in [0.05, 0.1) is 0 Å². The van der Waals surface area contributed by atoms with Crippen molar-refractivity contribution in [3.05, 3.63) is 29.3 Å². The monoisotopic (exact) mass is 334 g/mol. The molecule has 4 heteroatoms. The molecule has 0 amide bonds. The van der Waals surface area contributed by atoms with Crippen LogP contribution in [0.4, 0.5) is 0 Å². The zero-order valence-electron chi connectivity index (χ0n) is 7.51. The predicted molar refractivity (Wildman–Crippen MR) is 66.3 cm³/mol. The van der Waals surface area contributed by atoms with E-state index in [0.717, 1.165) is 4.90 Å². The summed E-state index contributed by atoms with van der Waals surface area (Å²) < 4.78 is -0.578. The van der Waals surface area contributed by atoms with Crippen molar-refractivity contribution in [3.8, 4) is 0 Å². The number of thioether (sulfide) groups is 1. The minimum atomic E-state index is -0.578. The van der Waals surface area contributed by atoms with Crippen LogP contribution in [0.2, 0.25) is 0 Å². The molecule has 1 nitrogen and oxygen atoms in total. The van der Waals surface area contributed by atoms with Crippen LogP contribution in [0.25, 0.3) is 0 Å². The first-order valence-electron chi connectivity index (χ1n) is 4.19. The highest BCUT2D eigenvalue weighted by Gasteiger charge is 2.38. The normalized spacial score (nSPS) is 19.2. The van der Waals surface area contributed by atoms with Gasteiger partial charge in [-0.3, -0.25) is 4.79 Å². The molecule has 2 rings (SSSR count). The topological polar surface area (TPSA) is 17.1 Å². The zero-order valence-corrected chi connectivity index (χ0v) is 11.5. The van der Waals surface area contributed by atoms with E-state index in [1.165, 1.54) is 22.9 Å². The molecular weight excluding hydrogens is 328 g/mol. The Morgan fingerprint density at radius 1 is 1.43 bits per heavy atom. The average molecular weight is 336 g/mol. The van der Waals surface area contributed by atoms with Crippen molar-refractivity contribution in [1.29, 1.82) is 0 Å². The van der Waals surface area contributed by atoms with Gasteiger partial charge in [0, 0.05) is 11.3 Å². The van der Waals surface area contributed by atoms with E-state index in [1.54, 1.807) is 0 Å². The summed E-state index contributed by atoms with van der Waals surface area (Å²) in [4.78, 5) is 12.7. The van der Waals surface area contributed by atoms with Gasteiger partial charge < -0.3 is 0 Å². The van der Waals surface area contributed by atoms with Gasteiger partial charge in [-0.25, -0.2) is 0 Å². The summed E-state index contributed by atoms with van der Waals surface area (Å²) in [7, 11) is 0. The van der Waals surface area contributed by atoms with E-state index in [2.05, 4.69) is 44.8 Å². The molecule has 74 valence electrons. The third kappa shape index (κ3) is 1.92. The average Bonchev–Trinajstić information content (AvgIpc) is 2.07. The lowest BCUT2D eigenvalue weighted by Crippen LogP contribution is -2.28. The quantitative estimate of drug-likeness (QED) is 0.673. The Balaban J connectivity index is 2.46. The van der Waals surface area contributed by atoms with Crippen LogP contribution in [0, 0.1) is 6.92 Å². The van der Waals surface area contributed by atoms with E-state index in [4.69, 9.17) is 0 Å². The number of carbonyl (C=O) groups excluding carboxylic acids is 1. The third-order valence-electron chi connectivity index (χ3n) is 2.13. The molecule has 0 saturated carbocycles. The lowest BCUT2D eigenvalue weighted by atomic mass is 10.1. The minimum Gasteiger partial charge on any atom is -0.284 e. The van der Waals surface area contributed by atoms with Crippen LogP contribution in [0.3, 0.4) is 0 Å². The van der Waals surface area contributed by atoms with Crippen molar-refractivity contribution < 1.29 is 4.79 Å². The summed E-state index contributed by atoms with van der Waals surface area (Å²) in [5.74, 6) is 0. The molecule has 1 aromatic rings. The fourth-order valence-electron chi connectivity index (χ4n) is 1.43. The molecule has 0 bridgehead atoms. The number of carbonyl (C=O) groups is 1. The van der Waals surface area contributed by atoms with Gasteiger partial charge in [0.2, 0.25) is 5.12 Å². The summed E-state index contributed by atoms with van der Waals surface area (Å²) in [6.07, 6.45) is 0.704.